The number of benzene rings is 2. The summed E-state index contributed by atoms with van der Waals surface area (Å²) in [5.74, 6) is 0.0712. The number of nitrogens with one attached hydrogen (secondary N) is 1. The summed E-state index contributed by atoms with van der Waals surface area (Å²) in [5, 5.41) is 3.01. The molecule has 0 fully saturated rings. The highest BCUT2D eigenvalue weighted by molar-refractivity contribution is 5.85. The van der Waals surface area contributed by atoms with Crippen molar-refractivity contribution in [3.8, 4) is 0 Å². The molecule has 0 saturated heterocycles. The molecule has 2 rings (SSSR count). The van der Waals surface area contributed by atoms with Crippen LogP contribution >= 0.6 is 12.4 Å². The summed E-state index contributed by atoms with van der Waals surface area (Å²) in [5.41, 5.74) is 8.12. The fourth-order valence-corrected chi connectivity index (χ4v) is 2.75. The van der Waals surface area contributed by atoms with Crippen LogP contribution in [0.3, 0.4) is 0 Å². The minimum absolute atomic E-state index is 0. The summed E-state index contributed by atoms with van der Waals surface area (Å²) in [4.78, 5) is 12.5. The molecule has 0 aliphatic rings. The van der Waals surface area contributed by atoms with Crippen molar-refractivity contribution in [2.75, 3.05) is 6.54 Å². The summed E-state index contributed by atoms with van der Waals surface area (Å²) >= 11 is 0. The van der Waals surface area contributed by atoms with Gasteiger partial charge in [0, 0.05) is 18.0 Å². The van der Waals surface area contributed by atoms with E-state index in [0.29, 0.717) is 6.54 Å². The Morgan fingerprint density at radius 2 is 1.60 bits per heavy atom. The third-order valence-corrected chi connectivity index (χ3v) is 4.43. The minimum Gasteiger partial charge on any atom is -0.354 e. The van der Waals surface area contributed by atoms with E-state index in [0.717, 1.165) is 24.8 Å². The SMILES string of the molecule is CC(C)(CCCc1ccccc1)C(=O)NCC(N)c1ccccc1.Cl. The van der Waals surface area contributed by atoms with Crippen LogP contribution in [0.4, 0.5) is 0 Å². The van der Waals surface area contributed by atoms with Crippen LogP contribution in [0.25, 0.3) is 0 Å². The van der Waals surface area contributed by atoms with E-state index in [1.54, 1.807) is 0 Å². The maximum absolute atomic E-state index is 12.5. The number of halogens is 1. The normalized spacial score (nSPS) is 12.1. The van der Waals surface area contributed by atoms with E-state index in [1.807, 2.05) is 50.2 Å². The van der Waals surface area contributed by atoms with Crippen LogP contribution in [-0.4, -0.2) is 12.5 Å². The van der Waals surface area contributed by atoms with E-state index in [4.69, 9.17) is 5.73 Å². The van der Waals surface area contributed by atoms with Crippen molar-refractivity contribution in [1.29, 1.82) is 0 Å². The van der Waals surface area contributed by atoms with E-state index in [-0.39, 0.29) is 29.8 Å². The predicted octanol–water partition coefficient (Wildman–Crippen LogP) is 4.27. The highest BCUT2D eigenvalue weighted by atomic mass is 35.5. The van der Waals surface area contributed by atoms with Gasteiger partial charge in [-0.3, -0.25) is 4.79 Å². The Morgan fingerprint density at radius 3 is 2.20 bits per heavy atom. The summed E-state index contributed by atoms with van der Waals surface area (Å²) in [6, 6.07) is 20.1. The number of hydrogen-bond acceptors (Lipinski definition) is 2. The number of nitrogens with two attached hydrogens (primary N) is 1. The second kappa shape index (κ2) is 10.2. The Bertz CT molecular complexity index is 629. The molecule has 2 aromatic rings. The lowest BCUT2D eigenvalue weighted by molar-refractivity contribution is -0.129. The number of hydrogen-bond donors (Lipinski definition) is 2. The van der Waals surface area contributed by atoms with Crippen molar-refractivity contribution in [2.45, 2.75) is 39.2 Å². The van der Waals surface area contributed by atoms with Crippen molar-refractivity contribution in [3.05, 3.63) is 71.8 Å². The molecule has 4 heteroatoms. The van der Waals surface area contributed by atoms with Crippen molar-refractivity contribution in [3.63, 3.8) is 0 Å². The maximum Gasteiger partial charge on any atom is 0.225 e. The second-order valence-corrected chi connectivity index (χ2v) is 6.95. The van der Waals surface area contributed by atoms with Gasteiger partial charge in [0.2, 0.25) is 5.91 Å². The molecule has 1 amide bonds. The number of rotatable bonds is 8. The zero-order chi connectivity index (χ0) is 17.4. The summed E-state index contributed by atoms with van der Waals surface area (Å²) in [7, 11) is 0. The Labute approximate surface area is 157 Å². The van der Waals surface area contributed by atoms with Crippen molar-refractivity contribution in [2.24, 2.45) is 11.1 Å². The molecule has 0 spiro atoms. The fourth-order valence-electron chi connectivity index (χ4n) is 2.75. The number of amides is 1. The lowest BCUT2D eigenvalue weighted by atomic mass is 9.85. The molecule has 25 heavy (non-hydrogen) atoms. The Morgan fingerprint density at radius 1 is 1.04 bits per heavy atom. The van der Waals surface area contributed by atoms with E-state index in [1.165, 1.54) is 5.56 Å². The smallest absolute Gasteiger partial charge is 0.225 e. The summed E-state index contributed by atoms with van der Waals surface area (Å²) in [6.07, 6.45) is 2.85. The molecule has 1 atom stereocenters. The van der Waals surface area contributed by atoms with Gasteiger partial charge < -0.3 is 11.1 Å². The van der Waals surface area contributed by atoms with Gasteiger partial charge in [0.05, 0.1) is 0 Å². The molecule has 2 aromatic carbocycles. The molecule has 1 unspecified atom stereocenters. The van der Waals surface area contributed by atoms with Gasteiger partial charge in [-0.15, -0.1) is 12.4 Å². The average molecular weight is 361 g/mol. The van der Waals surface area contributed by atoms with E-state index < -0.39 is 0 Å². The molecule has 3 nitrogen and oxygen atoms in total. The zero-order valence-corrected chi connectivity index (χ0v) is 15.9. The third kappa shape index (κ3) is 6.89. The molecule has 0 saturated carbocycles. The lowest BCUT2D eigenvalue weighted by Crippen LogP contribution is -2.40. The molecule has 0 bridgehead atoms. The molecular formula is C21H29ClN2O. The predicted molar refractivity (Wildman–Crippen MR) is 107 cm³/mol. The van der Waals surface area contributed by atoms with Crippen molar-refractivity contribution < 1.29 is 4.79 Å². The van der Waals surface area contributed by atoms with Crippen LogP contribution in [0.1, 0.15) is 43.9 Å². The van der Waals surface area contributed by atoms with Gasteiger partial charge in [0.25, 0.3) is 0 Å². The van der Waals surface area contributed by atoms with Crippen molar-refractivity contribution in [1.82, 2.24) is 5.32 Å². The average Bonchev–Trinajstić information content (AvgIpc) is 2.60. The maximum atomic E-state index is 12.5. The minimum atomic E-state index is -0.384. The highest BCUT2D eigenvalue weighted by Crippen LogP contribution is 2.24. The van der Waals surface area contributed by atoms with E-state index in [9.17, 15) is 4.79 Å². The van der Waals surface area contributed by atoms with E-state index >= 15 is 0 Å². The topological polar surface area (TPSA) is 55.1 Å². The Kier molecular flexibility index (Phi) is 8.67. The molecule has 0 aromatic heterocycles. The summed E-state index contributed by atoms with van der Waals surface area (Å²) < 4.78 is 0. The van der Waals surface area contributed by atoms with Crippen LogP contribution < -0.4 is 11.1 Å². The first kappa shape index (κ1) is 21.2. The fraction of sp³-hybridized carbons (Fsp3) is 0.381. The Balaban J connectivity index is 0.00000312. The molecule has 0 aliphatic heterocycles. The van der Waals surface area contributed by atoms with Gasteiger partial charge in [0.1, 0.15) is 0 Å². The van der Waals surface area contributed by atoms with Gasteiger partial charge in [-0.05, 0) is 30.4 Å². The summed E-state index contributed by atoms with van der Waals surface area (Å²) in [6.45, 7) is 4.47. The quantitative estimate of drug-likeness (QED) is 0.738. The van der Waals surface area contributed by atoms with Crippen LogP contribution in [0, 0.1) is 5.41 Å². The van der Waals surface area contributed by atoms with Crippen LogP contribution in [0.5, 0.6) is 0 Å². The van der Waals surface area contributed by atoms with Gasteiger partial charge in [-0.2, -0.15) is 0 Å². The second-order valence-electron chi connectivity index (χ2n) is 6.95. The first-order valence-corrected chi connectivity index (χ1v) is 8.62. The number of carbonyl (C=O) groups is 1. The third-order valence-electron chi connectivity index (χ3n) is 4.43. The molecule has 3 N–H and O–H groups in total. The van der Waals surface area contributed by atoms with E-state index in [2.05, 4.69) is 29.6 Å². The molecule has 0 aliphatic carbocycles. The van der Waals surface area contributed by atoms with Crippen molar-refractivity contribution >= 4 is 18.3 Å². The molecule has 0 radical (unpaired) electrons. The number of carbonyl (C=O) groups excluding carboxylic acids is 1. The van der Waals surface area contributed by atoms with Crippen LogP contribution in [0.2, 0.25) is 0 Å². The first-order chi connectivity index (χ1) is 11.5. The molecule has 136 valence electrons. The Hall–Kier alpha value is -1.84. The van der Waals surface area contributed by atoms with Crippen LogP contribution in [0.15, 0.2) is 60.7 Å². The van der Waals surface area contributed by atoms with Crippen LogP contribution in [-0.2, 0) is 11.2 Å². The zero-order valence-electron chi connectivity index (χ0n) is 15.1. The largest absolute Gasteiger partial charge is 0.354 e. The molecule has 0 heterocycles. The monoisotopic (exact) mass is 360 g/mol. The highest BCUT2D eigenvalue weighted by Gasteiger charge is 2.27. The van der Waals surface area contributed by atoms with Gasteiger partial charge in [-0.1, -0.05) is 74.5 Å². The van der Waals surface area contributed by atoms with Gasteiger partial charge in [0.15, 0.2) is 0 Å². The lowest BCUT2D eigenvalue weighted by Gasteiger charge is -2.24. The standard InChI is InChI=1S/C21H28N2O.ClH/c1-21(2,15-9-12-17-10-5-3-6-11-17)20(24)23-16-19(22)18-13-7-4-8-14-18;/h3-8,10-11,13-14,19H,9,12,15-16,22H2,1-2H3,(H,23,24);1H. The number of aryl methyl sites for hydroxylation is 1. The first-order valence-electron chi connectivity index (χ1n) is 8.62. The van der Waals surface area contributed by atoms with Gasteiger partial charge >= 0.3 is 0 Å². The van der Waals surface area contributed by atoms with Gasteiger partial charge in [-0.25, -0.2) is 0 Å². The molecular weight excluding hydrogens is 332 g/mol.